The highest BCUT2D eigenvalue weighted by Gasteiger charge is 2.04. The van der Waals surface area contributed by atoms with E-state index in [4.69, 9.17) is 5.73 Å². The lowest BCUT2D eigenvalue weighted by molar-refractivity contribution is 0.479. The van der Waals surface area contributed by atoms with Crippen LogP contribution < -0.4 is 5.73 Å². The Kier molecular flexibility index (Phi) is 4.37. The summed E-state index contributed by atoms with van der Waals surface area (Å²) in [5.74, 6) is 0.692. The van der Waals surface area contributed by atoms with Gasteiger partial charge in [0.1, 0.15) is 0 Å². The summed E-state index contributed by atoms with van der Waals surface area (Å²) in [6, 6.07) is 0.328. The molecule has 0 aromatic heterocycles. The second kappa shape index (κ2) is 4.51. The van der Waals surface area contributed by atoms with Crippen molar-refractivity contribution in [2.75, 3.05) is 0 Å². The first-order valence-corrected chi connectivity index (χ1v) is 3.92. The monoisotopic (exact) mass is 141 g/mol. The number of hydrogen-bond acceptors (Lipinski definition) is 1. The van der Waals surface area contributed by atoms with Gasteiger partial charge in [-0.15, -0.1) is 6.58 Å². The van der Waals surface area contributed by atoms with E-state index in [9.17, 15) is 0 Å². The molecule has 0 heterocycles. The largest absolute Gasteiger partial charge is 0.328 e. The van der Waals surface area contributed by atoms with Gasteiger partial charge in [0.2, 0.25) is 0 Å². The van der Waals surface area contributed by atoms with Crippen molar-refractivity contribution in [2.24, 2.45) is 11.7 Å². The van der Waals surface area contributed by atoms with Crippen LogP contribution in [0.4, 0.5) is 0 Å². The molecule has 0 fully saturated rings. The molecule has 0 saturated heterocycles. The minimum atomic E-state index is 0.328. The molecule has 0 bridgehead atoms. The fraction of sp³-hybridized carbons (Fsp3) is 0.778. The predicted molar refractivity (Wildman–Crippen MR) is 46.9 cm³/mol. The molecule has 0 saturated carbocycles. The molecular formula is C9H19N. The first kappa shape index (κ1) is 9.70. The Morgan fingerprint density at radius 3 is 2.30 bits per heavy atom. The zero-order valence-electron chi connectivity index (χ0n) is 7.35. The first-order chi connectivity index (χ1) is 4.52. The van der Waals surface area contributed by atoms with E-state index in [-0.39, 0.29) is 0 Å². The van der Waals surface area contributed by atoms with Gasteiger partial charge in [0, 0.05) is 6.04 Å². The molecule has 0 rings (SSSR count). The van der Waals surface area contributed by atoms with Crippen molar-refractivity contribution in [3.05, 3.63) is 12.2 Å². The van der Waals surface area contributed by atoms with E-state index >= 15 is 0 Å². The lowest BCUT2D eigenvalue weighted by Gasteiger charge is -2.12. The second-order valence-electron chi connectivity index (χ2n) is 3.48. The van der Waals surface area contributed by atoms with Crippen LogP contribution in [0, 0.1) is 5.92 Å². The Hall–Kier alpha value is -0.300. The second-order valence-corrected chi connectivity index (χ2v) is 3.48. The minimum absolute atomic E-state index is 0.328. The maximum atomic E-state index is 5.64. The van der Waals surface area contributed by atoms with E-state index in [0.717, 1.165) is 12.8 Å². The molecule has 2 atom stereocenters. The van der Waals surface area contributed by atoms with Gasteiger partial charge in [-0.05, 0) is 32.6 Å². The summed E-state index contributed by atoms with van der Waals surface area (Å²) in [5, 5.41) is 0. The number of nitrogens with two attached hydrogens (primary N) is 1. The molecule has 0 aliphatic rings. The van der Waals surface area contributed by atoms with Crippen molar-refractivity contribution in [1.82, 2.24) is 0 Å². The molecular weight excluding hydrogens is 122 g/mol. The zero-order valence-corrected chi connectivity index (χ0v) is 7.35. The highest BCUT2D eigenvalue weighted by Crippen LogP contribution is 2.13. The van der Waals surface area contributed by atoms with Gasteiger partial charge in [-0.1, -0.05) is 12.5 Å². The van der Waals surface area contributed by atoms with Crippen LogP contribution in [0.25, 0.3) is 0 Å². The number of allylic oxidation sites excluding steroid dienone is 1. The van der Waals surface area contributed by atoms with Gasteiger partial charge in [0.15, 0.2) is 0 Å². The van der Waals surface area contributed by atoms with Crippen LogP contribution in [0.15, 0.2) is 12.2 Å². The molecule has 1 heteroatoms. The van der Waals surface area contributed by atoms with Crippen molar-refractivity contribution in [2.45, 2.75) is 39.7 Å². The van der Waals surface area contributed by atoms with Crippen molar-refractivity contribution < 1.29 is 0 Å². The SMILES string of the molecule is C=C(C)CC(C)CC(C)N. The van der Waals surface area contributed by atoms with Crippen LogP contribution in [-0.2, 0) is 0 Å². The fourth-order valence-corrected chi connectivity index (χ4v) is 1.31. The molecule has 0 aromatic rings. The number of hydrogen-bond donors (Lipinski definition) is 1. The Morgan fingerprint density at radius 2 is 2.00 bits per heavy atom. The van der Waals surface area contributed by atoms with Crippen LogP contribution in [0.5, 0.6) is 0 Å². The van der Waals surface area contributed by atoms with Crippen molar-refractivity contribution >= 4 is 0 Å². The molecule has 1 nitrogen and oxygen atoms in total. The Bertz CT molecular complexity index is 105. The van der Waals surface area contributed by atoms with Gasteiger partial charge in [0.25, 0.3) is 0 Å². The Morgan fingerprint density at radius 1 is 1.50 bits per heavy atom. The predicted octanol–water partition coefficient (Wildman–Crippen LogP) is 2.33. The number of rotatable bonds is 4. The molecule has 60 valence electrons. The Balaban J connectivity index is 3.43. The summed E-state index contributed by atoms with van der Waals surface area (Å²) in [7, 11) is 0. The summed E-state index contributed by atoms with van der Waals surface area (Å²) >= 11 is 0. The van der Waals surface area contributed by atoms with E-state index < -0.39 is 0 Å². The third-order valence-corrected chi connectivity index (χ3v) is 1.47. The van der Waals surface area contributed by atoms with Crippen molar-refractivity contribution in [3.8, 4) is 0 Å². The lowest BCUT2D eigenvalue weighted by atomic mass is 9.97. The third kappa shape index (κ3) is 5.83. The molecule has 10 heavy (non-hydrogen) atoms. The summed E-state index contributed by atoms with van der Waals surface area (Å²) in [5.41, 5.74) is 6.90. The highest BCUT2D eigenvalue weighted by atomic mass is 14.6. The van der Waals surface area contributed by atoms with Gasteiger partial charge in [-0.25, -0.2) is 0 Å². The average molecular weight is 141 g/mol. The normalized spacial score (nSPS) is 16.4. The van der Waals surface area contributed by atoms with Gasteiger partial charge in [-0.3, -0.25) is 0 Å². The summed E-state index contributed by atoms with van der Waals surface area (Å²) < 4.78 is 0. The molecule has 0 radical (unpaired) electrons. The molecule has 0 spiro atoms. The molecule has 2 N–H and O–H groups in total. The van der Waals surface area contributed by atoms with E-state index in [1.54, 1.807) is 0 Å². The van der Waals surface area contributed by atoms with E-state index in [0.29, 0.717) is 12.0 Å². The van der Waals surface area contributed by atoms with E-state index in [1.807, 2.05) is 0 Å². The average Bonchev–Trinajstić information content (AvgIpc) is 1.58. The van der Waals surface area contributed by atoms with Gasteiger partial charge in [-0.2, -0.15) is 0 Å². The summed E-state index contributed by atoms with van der Waals surface area (Å²) in [4.78, 5) is 0. The van der Waals surface area contributed by atoms with Crippen LogP contribution in [-0.4, -0.2) is 6.04 Å². The summed E-state index contributed by atoms with van der Waals surface area (Å²) in [6.07, 6.45) is 2.22. The van der Waals surface area contributed by atoms with Crippen molar-refractivity contribution in [1.29, 1.82) is 0 Å². The van der Waals surface area contributed by atoms with Gasteiger partial charge < -0.3 is 5.73 Å². The van der Waals surface area contributed by atoms with Crippen LogP contribution in [0.3, 0.4) is 0 Å². The quantitative estimate of drug-likeness (QED) is 0.597. The summed E-state index contributed by atoms with van der Waals surface area (Å²) in [6.45, 7) is 10.2. The van der Waals surface area contributed by atoms with Crippen LogP contribution in [0.2, 0.25) is 0 Å². The fourth-order valence-electron chi connectivity index (χ4n) is 1.31. The lowest BCUT2D eigenvalue weighted by Crippen LogP contribution is -2.18. The first-order valence-electron chi connectivity index (χ1n) is 3.92. The molecule has 0 aliphatic carbocycles. The zero-order chi connectivity index (χ0) is 8.15. The molecule has 0 aromatic carbocycles. The van der Waals surface area contributed by atoms with Gasteiger partial charge >= 0.3 is 0 Å². The smallest absolute Gasteiger partial charge is 0.00131 e. The highest BCUT2D eigenvalue weighted by molar-refractivity contribution is 4.89. The molecule has 0 amide bonds. The molecule has 2 unspecified atom stereocenters. The Labute approximate surface area is 64.3 Å². The van der Waals surface area contributed by atoms with E-state index in [2.05, 4.69) is 27.4 Å². The maximum Gasteiger partial charge on any atom is 0.00131 e. The van der Waals surface area contributed by atoms with E-state index in [1.165, 1.54) is 5.57 Å². The van der Waals surface area contributed by atoms with Crippen LogP contribution >= 0.6 is 0 Å². The molecule has 0 aliphatic heterocycles. The topological polar surface area (TPSA) is 26.0 Å². The standard InChI is InChI=1S/C9H19N/c1-7(2)5-8(3)6-9(4)10/h8-9H,1,5-6,10H2,2-4H3. The van der Waals surface area contributed by atoms with Gasteiger partial charge in [0.05, 0.1) is 0 Å². The van der Waals surface area contributed by atoms with Crippen LogP contribution in [0.1, 0.15) is 33.6 Å². The maximum absolute atomic E-state index is 5.64. The van der Waals surface area contributed by atoms with Crippen molar-refractivity contribution in [3.63, 3.8) is 0 Å². The third-order valence-electron chi connectivity index (χ3n) is 1.47. The minimum Gasteiger partial charge on any atom is -0.328 e.